The molecule has 2 atom stereocenters. The number of nitrogens with zero attached hydrogens (tertiary/aromatic N) is 1. The van der Waals surface area contributed by atoms with Crippen LogP contribution in [0.25, 0.3) is 10.2 Å². The molecule has 0 saturated carbocycles. The Morgan fingerprint density at radius 1 is 1.18 bits per heavy atom. The molecule has 1 amide bonds. The van der Waals surface area contributed by atoms with Crippen molar-refractivity contribution in [1.29, 1.82) is 0 Å². The van der Waals surface area contributed by atoms with Gasteiger partial charge in [-0.2, -0.15) is 0 Å². The fourth-order valence-electron chi connectivity index (χ4n) is 2.64. The third kappa shape index (κ3) is 6.24. The van der Waals surface area contributed by atoms with Crippen molar-refractivity contribution in [3.63, 3.8) is 0 Å². The van der Waals surface area contributed by atoms with Crippen LogP contribution >= 0.6 is 11.3 Å². The first-order chi connectivity index (χ1) is 13.2. The predicted molar refractivity (Wildman–Crippen MR) is 103 cm³/mol. The second kappa shape index (κ2) is 9.56. The first kappa shape index (κ1) is 21.7. The van der Waals surface area contributed by atoms with Crippen LogP contribution in [-0.4, -0.2) is 45.1 Å². The number of hydrogen-bond acceptors (Lipinski definition) is 6. The van der Waals surface area contributed by atoms with Crippen molar-refractivity contribution in [2.75, 3.05) is 5.32 Å². The zero-order chi connectivity index (χ0) is 20.8. The van der Waals surface area contributed by atoms with Gasteiger partial charge in [-0.1, -0.05) is 25.2 Å². The van der Waals surface area contributed by atoms with E-state index >= 15 is 0 Å². The fourth-order valence-corrected chi connectivity index (χ4v) is 3.55. The molecule has 0 bridgehead atoms. The number of fused-ring (bicyclic) bond motifs is 1. The van der Waals surface area contributed by atoms with Crippen molar-refractivity contribution in [2.45, 2.75) is 45.2 Å². The van der Waals surface area contributed by atoms with E-state index in [0.717, 1.165) is 11.3 Å². The second-order valence-electron chi connectivity index (χ2n) is 6.80. The summed E-state index contributed by atoms with van der Waals surface area (Å²) in [5.74, 6) is -3.15. The van der Waals surface area contributed by atoms with Crippen LogP contribution in [0.4, 0.5) is 9.52 Å². The SMILES string of the molecule is CC(C)C[C@H](NC(CCC(=O)Nc1nc2ccc(F)cc2s1)C(=O)O)C(=O)O. The quantitative estimate of drug-likeness (QED) is 0.473. The molecule has 2 aromatic rings. The number of carbonyl (C=O) groups excluding carboxylic acids is 1. The van der Waals surface area contributed by atoms with Crippen molar-refractivity contribution >= 4 is 44.5 Å². The molecular weight excluding hydrogens is 389 g/mol. The molecule has 1 heterocycles. The highest BCUT2D eigenvalue weighted by atomic mass is 32.1. The molecule has 152 valence electrons. The third-order valence-corrected chi connectivity index (χ3v) is 4.90. The lowest BCUT2D eigenvalue weighted by molar-refractivity contribution is -0.143. The molecule has 10 heteroatoms. The standard InChI is InChI=1S/C18H22FN3O5S/c1-9(2)7-13(17(26)27)20-12(16(24)25)5-6-15(23)22-18-21-11-4-3-10(19)8-14(11)28-18/h3-4,8-9,12-13,20H,5-7H2,1-2H3,(H,24,25)(H,26,27)(H,21,22,23)/t12?,13-/m0/s1. The maximum absolute atomic E-state index is 13.2. The van der Waals surface area contributed by atoms with Gasteiger partial charge in [0.25, 0.3) is 0 Å². The van der Waals surface area contributed by atoms with E-state index in [9.17, 15) is 29.0 Å². The van der Waals surface area contributed by atoms with Gasteiger partial charge in [-0.25, -0.2) is 9.37 Å². The van der Waals surface area contributed by atoms with Crippen molar-refractivity contribution in [3.8, 4) is 0 Å². The minimum absolute atomic E-state index is 0.0650. The van der Waals surface area contributed by atoms with Crippen LogP contribution in [0.5, 0.6) is 0 Å². The number of rotatable bonds is 10. The molecule has 4 N–H and O–H groups in total. The van der Waals surface area contributed by atoms with Gasteiger partial charge in [0.05, 0.1) is 10.2 Å². The Morgan fingerprint density at radius 2 is 1.86 bits per heavy atom. The Labute approximate surface area is 164 Å². The normalized spacial score (nSPS) is 13.4. The van der Waals surface area contributed by atoms with Crippen LogP contribution in [0.15, 0.2) is 18.2 Å². The number of aliphatic carboxylic acids is 2. The number of halogens is 1. The van der Waals surface area contributed by atoms with Crippen molar-refractivity contribution in [1.82, 2.24) is 10.3 Å². The van der Waals surface area contributed by atoms with E-state index in [1.54, 1.807) is 0 Å². The van der Waals surface area contributed by atoms with Crippen molar-refractivity contribution in [2.24, 2.45) is 5.92 Å². The van der Waals surface area contributed by atoms with E-state index in [4.69, 9.17) is 0 Å². The predicted octanol–water partition coefficient (Wildman–Crippen LogP) is 2.70. The van der Waals surface area contributed by atoms with Crippen molar-refractivity contribution < 1.29 is 29.0 Å². The molecule has 1 unspecified atom stereocenters. The Bertz CT molecular complexity index is 870. The highest BCUT2D eigenvalue weighted by Gasteiger charge is 2.27. The average Bonchev–Trinajstić information content (AvgIpc) is 2.97. The van der Waals surface area contributed by atoms with E-state index in [-0.39, 0.29) is 30.3 Å². The van der Waals surface area contributed by atoms with Crippen molar-refractivity contribution in [3.05, 3.63) is 24.0 Å². The second-order valence-corrected chi connectivity index (χ2v) is 7.83. The number of carboxylic acids is 2. The summed E-state index contributed by atoms with van der Waals surface area (Å²) < 4.78 is 13.8. The van der Waals surface area contributed by atoms with E-state index in [1.807, 2.05) is 13.8 Å². The van der Waals surface area contributed by atoms with Gasteiger partial charge in [0.15, 0.2) is 5.13 Å². The van der Waals surface area contributed by atoms with E-state index in [0.29, 0.717) is 10.2 Å². The van der Waals surface area contributed by atoms with E-state index in [1.165, 1.54) is 18.2 Å². The first-order valence-corrected chi connectivity index (χ1v) is 9.55. The Balaban J connectivity index is 1.95. The number of benzene rings is 1. The number of thiazole rings is 1. The van der Waals surface area contributed by atoms with E-state index < -0.39 is 35.7 Å². The maximum Gasteiger partial charge on any atom is 0.320 e. The molecule has 0 fully saturated rings. The maximum atomic E-state index is 13.2. The van der Waals surface area contributed by atoms with Crippen LogP contribution in [0, 0.1) is 11.7 Å². The molecule has 1 aromatic carbocycles. The average molecular weight is 411 g/mol. The minimum atomic E-state index is -1.22. The molecule has 0 radical (unpaired) electrons. The Morgan fingerprint density at radius 3 is 2.46 bits per heavy atom. The molecule has 8 nitrogen and oxygen atoms in total. The van der Waals surface area contributed by atoms with Gasteiger partial charge in [0, 0.05) is 6.42 Å². The molecule has 0 aliphatic heterocycles. The Kier molecular flexibility index (Phi) is 7.41. The molecule has 0 aliphatic rings. The summed E-state index contributed by atoms with van der Waals surface area (Å²) in [6.07, 6.45) is 0.0540. The first-order valence-electron chi connectivity index (χ1n) is 8.73. The summed E-state index contributed by atoms with van der Waals surface area (Å²) in [5.41, 5.74) is 0.546. The fraction of sp³-hybridized carbons (Fsp3) is 0.444. The largest absolute Gasteiger partial charge is 0.480 e. The number of amides is 1. The molecule has 1 aromatic heterocycles. The zero-order valence-electron chi connectivity index (χ0n) is 15.4. The minimum Gasteiger partial charge on any atom is -0.480 e. The number of carboxylic acid groups (broad SMARTS) is 2. The zero-order valence-corrected chi connectivity index (χ0v) is 16.3. The monoisotopic (exact) mass is 411 g/mol. The summed E-state index contributed by atoms with van der Waals surface area (Å²) in [6, 6.07) is 1.90. The summed E-state index contributed by atoms with van der Waals surface area (Å²) in [7, 11) is 0. The summed E-state index contributed by atoms with van der Waals surface area (Å²) in [5, 5.41) is 24.0. The van der Waals surface area contributed by atoms with Crippen LogP contribution in [0.1, 0.15) is 33.1 Å². The van der Waals surface area contributed by atoms with Gasteiger partial charge in [-0.15, -0.1) is 0 Å². The lowest BCUT2D eigenvalue weighted by atomic mass is 10.0. The topological polar surface area (TPSA) is 129 Å². The lowest BCUT2D eigenvalue weighted by Crippen LogP contribution is -2.48. The molecule has 0 aliphatic carbocycles. The van der Waals surface area contributed by atoms with E-state index in [2.05, 4.69) is 15.6 Å². The van der Waals surface area contributed by atoms with Crippen LogP contribution in [0.2, 0.25) is 0 Å². The Hall–Kier alpha value is -2.59. The molecule has 2 rings (SSSR count). The summed E-state index contributed by atoms with van der Waals surface area (Å²) in [6.45, 7) is 3.68. The third-order valence-electron chi connectivity index (χ3n) is 3.96. The van der Waals surface area contributed by atoms with Crippen LogP contribution < -0.4 is 10.6 Å². The number of carbonyl (C=O) groups is 3. The van der Waals surface area contributed by atoms with Gasteiger partial charge < -0.3 is 15.5 Å². The number of aromatic nitrogens is 1. The number of nitrogens with one attached hydrogen (secondary N) is 2. The molecular formula is C18H22FN3O5S. The summed E-state index contributed by atoms with van der Waals surface area (Å²) in [4.78, 5) is 39.0. The number of hydrogen-bond donors (Lipinski definition) is 4. The summed E-state index contributed by atoms with van der Waals surface area (Å²) >= 11 is 1.11. The highest BCUT2D eigenvalue weighted by Crippen LogP contribution is 2.26. The van der Waals surface area contributed by atoms with Gasteiger partial charge in [0.1, 0.15) is 17.9 Å². The van der Waals surface area contributed by atoms with Gasteiger partial charge in [-0.05, 0) is 37.0 Å². The highest BCUT2D eigenvalue weighted by molar-refractivity contribution is 7.22. The number of anilines is 1. The smallest absolute Gasteiger partial charge is 0.320 e. The molecule has 28 heavy (non-hydrogen) atoms. The van der Waals surface area contributed by atoms with Crippen LogP contribution in [-0.2, 0) is 14.4 Å². The van der Waals surface area contributed by atoms with Gasteiger partial charge in [0.2, 0.25) is 5.91 Å². The van der Waals surface area contributed by atoms with Gasteiger partial charge >= 0.3 is 11.9 Å². The van der Waals surface area contributed by atoms with Crippen LogP contribution in [0.3, 0.4) is 0 Å². The molecule has 0 saturated heterocycles. The van der Waals surface area contributed by atoms with Gasteiger partial charge in [-0.3, -0.25) is 19.7 Å². The molecule has 0 spiro atoms. The lowest BCUT2D eigenvalue weighted by Gasteiger charge is -2.21.